The van der Waals surface area contributed by atoms with Gasteiger partial charge in [0.2, 0.25) is 0 Å². The minimum absolute atomic E-state index is 0.587. The molecule has 0 bridgehead atoms. The predicted molar refractivity (Wildman–Crippen MR) is 65.3 cm³/mol. The van der Waals surface area contributed by atoms with Gasteiger partial charge in [-0.1, -0.05) is 11.6 Å². The molecule has 0 aromatic carbocycles. The van der Waals surface area contributed by atoms with Gasteiger partial charge in [-0.05, 0) is 25.8 Å². The summed E-state index contributed by atoms with van der Waals surface area (Å²) >= 11 is 5.97. The lowest BCUT2D eigenvalue weighted by Crippen LogP contribution is -2.28. The molecule has 1 fully saturated rings. The van der Waals surface area contributed by atoms with Crippen LogP contribution < -0.4 is 5.73 Å². The quantitative estimate of drug-likeness (QED) is 0.868. The molecular formula is C11H19ClN4. The minimum atomic E-state index is 0.587. The first-order valence-corrected chi connectivity index (χ1v) is 6.09. The minimum Gasteiger partial charge on any atom is -0.330 e. The van der Waals surface area contributed by atoms with Gasteiger partial charge in [0.15, 0.2) is 0 Å². The standard InChI is InChI=1S/C11H19ClN4/c1-8-3-9(4-13)6-16(8)7-11-14-5-10(12)15(11)2/h5,8-9H,3-4,6-7,13H2,1-2H3. The van der Waals surface area contributed by atoms with E-state index in [1.165, 1.54) is 6.42 Å². The first kappa shape index (κ1) is 11.9. The third-order valence-electron chi connectivity index (χ3n) is 3.50. The molecule has 0 radical (unpaired) electrons. The monoisotopic (exact) mass is 242 g/mol. The number of rotatable bonds is 3. The highest BCUT2D eigenvalue weighted by molar-refractivity contribution is 6.29. The molecule has 1 aliphatic heterocycles. The van der Waals surface area contributed by atoms with Gasteiger partial charge in [-0.2, -0.15) is 0 Å². The molecule has 16 heavy (non-hydrogen) atoms. The van der Waals surface area contributed by atoms with Crippen molar-refractivity contribution in [2.75, 3.05) is 13.1 Å². The molecule has 2 N–H and O–H groups in total. The van der Waals surface area contributed by atoms with E-state index in [4.69, 9.17) is 17.3 Å². The van der Waals surface area contributed by atoms with Crippen LogP contribution in [0.1, 0.15) is 19.2 Å². The molecule has 0 aliphatic carbocycles. The summed E-state index contributed by atoms with van der Waals surface area (Å²) in [6, 6.07) is 0.587. The number of nitrogens with zero attached hydrogens (tertiary/aromatic N) is 3. The Morgan fingerprint density at radius 1 is 1.62 bits per heavy atom. The van der Waals surface area contributed by atoms with Gasteiger partial charge >= 0.3 is 0 Å². The lowest BCUT2D eigenvalue weighted by atomic mass is 10.1. The number of imidazole rings is 1. The predicted octanol–water partition coefficient (Wildman–Crippen LogP) is 1.24. The van der Waals surface area contributed by atoms with Crippen LogP contribution in [0.25, 0.3) is 0 Å². The largest absolute Gasteiger partial charge is 0.330 e. The molecule has 0 saturated carbocycles. The number of nitrogens with two attached hydrogens (primary N) is 1. The molecule has 4 nitrogen and oxygen atoms in total. The summed E-state index contributed by atoms with van der Waals surface area (Å²) in [5, 5.41) is 0.692. The van der Waals surface area contributed by atoms with Gasteiger partial charge in [0.1, 0.15) is 11.0 Å². The molecule has 1 saturated heterocycles. The van der Waals surface area contributed by atoms with Gasteiger partial charge in [0.25, 0.3) is 0 Å². The highest BCUT2D eigenvalue weighted by atomic mass is 35.5. The van der Waals surface area contributed by atoms with Crippen molar-refractivity contribution < 1.29 is 0 Å². The maximum atomic E-state index is 5.97. The second-order valence-electron chi connectivity index (χ2n) is 4.67. The molecule has 0 amide bonds. The summed E-state index contributed by atoms with van der Waals surface area (Å²) in [7, 11) is 1.95. The third-order valence-corrected chi connectivity index (χ3v) is 3.85. The first-order valence-electron chi connectivity index (χ1n) is 5.72. The fourth-order valence-corrected chi connectivity index (χ4v) is 2.51. The Morgan fingerprint density at radius 3 is 2.88 bits per heavy atom. The van der Waals surface area contributed by atoms with Crippen LogP contribution in [0.3, 0.4) is 0 Å². The summed E-state index contributed by atoms with van der Waals surface area (Å²) in [5.41, 5.74) is 5.72. The van der Waals surface area contributed by atoms with E-state index in [9.17, 15) is 0 Å². The number of hydrogen-bond donors (Lipinski definition) is 1. The van der Waals surface area contributed by atoms with Crippen LogP contribution >= 0.6 is 11.6 Å². The smallest absolute Gasteiger partial charge is 0.128 e. The van der Waals surface area contributed by atoms with E-state index in [0.717, 1.165) is 25.5 Å². The van der Waals surface area contributed by atoms with Crippen molar-refractivity contribution in [3.8, 4) is 0 Å². The Morgan fingerprint density at radius 2 is 2.38 bits per heavy atom. The Kier molecular flexibility index (Phi) is 3.52. The summed E-state index contributed by atoms with van der Waals surface area (Å²) < 4.78 is 1.93. The van der Waals surface area contributed by atoms with E-state index in [0.29, 0.717) is 17.1 Å². The van der Waals surface area contributed by atoms with Gasteiger partial charge in [-0.25, -0.2) is 4.98 Å². The summed E-state index contributed by atoms with van der Waals surface area (Å²) in [5.74, 6) is 1.65. The molecule has 2 heterocycles. The zero-order valence-electron chi connectivity index (χ0n) is 9.86. The van der Waals surface area contributed by atoms with Crippen LogP contribution in [0.15, 0.2) is 6.20 Å². The maximum Gasteiger partial charge on any atom is 0.128 e. The summed E-state index contributed by atoms with van der Waals surface area (Å²) in [6.07, 6.45) is 2.90. The van der Waals surface area contributed by atoms with Crippen molar-refractivity contribution in [2.45, 2.75) is 25.9 Å². The molecule has 90 valence electrons. The van der Waals surface area contributed by atoms with Crippen molar-refractivity contribution in [3.63, 3.8) is 0 Å². The van der Waals surface area contributed by atoms with Crippen molar-refractivity contribution >= 4 is 11.6 Å². The van der Waals surface area contributed by atoms with E-state index < -0.39 is 0 Å². The lowest BCUT2D eigenvalue weighted by molar-refractivity contribution is 0.247. The topological polar surface area (TPSA) is 47.1 Å². The average molecular weight is 243 g/mol. The Bertz CT molecular complexity index is 363. The van der Waals surface area contributed by atoms with Crippen LogP contribution in [0, 0.1) is 5.92 Å². The molecule has 2 unspecified atom stereocenters. The molecule has 2 atom stereocenters. The first-order chi connectivity index (χ1) is 7.61. The zero-order valence-corrected chi connectivity index (χ0v) is 10.6. The number of aromatic nitrogens is 2. The summed E-state index contributed by atoms with van der Waals surface area (Å²) in [4.78, 5) is 6.75. The fraction of sp³-hybridized carbons (Fsp3) is 0.727. The van der Waals surface area contributed by atoms with Crippen LogP contribution in [-0.2, 0) is 13.6 Å². The van der Waals surface area contributed by atoms with Gasteiger partial charge in [-0.15, -0.1) is 0 Å². The second-order valence-corrected chi connectivity index (χ2v) is 5.06. The second kappa shape index (κ2) is 4.73. The van der Waals surface area contributed by atoms with E-state index in [2.05, 4.69) is 16.8 Å². The van der Waals surface area contributed by atoms with E-state index in [-0.39, 0.29) is 0 Å². The SMILES string of the molecule is CC1CC(CN)CN1Cc1ncc(Cl)n1C. The third kappa shape index (κ3) is 2.24. The van der Waals surface area contributed by atoms with E-state index >= 15 is 0 Å². The van der Waals surface area contributed by atoms with E-state index in [1.54, 1.807) is 6.20 Å². The van der Waals surface area contributed by atoms with Gasteiger partial charge < -0.3 is 10.3 Å². The molecular weight excluding hydrogens is 224 g/mol. The summed E-state index contributed by atoms with van der Waals surface area (Å²) in [6.45, 7) is 4.96. The van der Waals surface area contributed by atoms with Crippen molar-refractivity contribution in [1.82, 2.24) is 14.5 Å². The van der Waals surface area contributed by atoms with Crippen molar-refractivity contribution in [1.29, 1.82) is 0 Å². The molecule has 1 aromatic heterocycles. The van der Waals surface area contributed by atoms with Gasteiger partial charge in [0.05, 0.1) is 12.7 Å². The van der Waals surface area contributed by atoms with E-state index in [1.807, 2.05) is 11.6 Å². The maximum absolute atomic E-state index is 5.97. The number of likely N-dealkylation sites (tertiary alicyclic amines) is 1. The fourth-order valence-electron chi connectivity index (χ4n) is 2.36. The molecule has 0 spiro atoms. The van der Waals surface area contributed by atoms with Crippen LogP contribution in [0.4, 0.5) is 0 Å². The normalized spacial score (nSPS) is 26.5. The molecule has 2 rings (SSSR count). The number of halogens is 1. The van der Waals surface area contributed by atoms with Gasteiger partial charge in [-0.3, -0.25) is 4.90 Å². The number of hydrogen-bond acceptors (Lipinski definition) is 3. The van der Waals surface area contributed by atoms with Crippen molar-refractivity contribution in [2.24, 2.45) is 18.7 Å². The highest BCUT2D eigenvalue weighted by Crippen LogP contribution is 2.24. The van der Waals surface area contributed by atoms with Crippen molar-refractivity contribution in [3.05, 3.63) is 17.2 Å². The van der Waals surface area contributed by atoms with Crippen LogP contribution in [0.5, 0.6) is 0 Å². The Hall–Kier alpha value is -0.580. The van der Waals surface area contributed by atoms with Crippen LogP contribution in [0.2, 0.25) is 5.15 Å². The molecule has 1 aromatic rings. The highest BCUT2D eigenvalue weighted by Gasteiger charge is 2.28. The molecule has 5 heteroatoms. The molecule has 1 aliphatic rings. The Balaban J connectivity index is 2.02. The Labute approximate surface area is 101 Å². The average Bonchev–Trinajstić information content (AvgIpc) is 2.77. The lowest BCUT2D eigenvalue weighted by Gasteiger charge is -2.20. The zero-order chi connectivity index (χ0) is 11.7. The van der Waals surface area contributed by atoms with Gasteiger partial charge in [0, 0.05) is 19.6 Å². The van der Waals surface area contributed by atoms with Crippen LogP contribution in [-0.4, -0.2) is 33.6 Å².